The van der Waals surface area contributed by atoms with E-state index in [-0.39, 0.29) is 0 Å². The fourth-order valence-corrected chi connectivity index (χ4v) is 2.21. The number of hydrogen-bond donors (Lipinski definition) is 2. The maximum atomic E-state index is 12.1. The van der Waals surface area contributed by atoms with Crippen molar-refractivity contribution in [3.05, 3.63) is 11.9 Å². The second kappa shape index (κ2) is 4.44. The van der Waals surface area contributed by atoms with Gasteiger partial charge in [0.15, 0.2) is 0 Å². The van der Waals surface area contributed by atoms with Crippen molar-refractivity contribution in [3.8, 4) is 0 Å². The van der Waals surface area contributed by atoms with Crippen LogP contribution in [0.3, 0.4) is 0 Å². The zero-order valence-corrected chi connectivity index (χ0v) is 10.6. The number of aryl methyl sites for hydroxylation is 2. The van der Waals surface area contributed by atoms with Crippen LogP contribution in [0.5, 0.6) is 0 Å². The van der Waals surface area contributed by atoms with E-state index in [4.69, 9.17) is 0 Å². The summed E-state index contributed by atoms with van der Waals surface area (Å²) in [7, 11) is 1.77. The molecule has 98 valence electrons. The number of aliphatic carboxylic acids is 1. The minimum Gasteiger partial charge on any atom is -0.480 e. The van der Waals surface area contributed by atoms with Gasteiger partial charge in [-0.05, 0) is 19.3 Å². The molecule has 2 rings (SSSR count). The number of carboxylic acid groups (broad SMARTS) is 1. The highest BCUT2D eigenvalue weighted by atomic mass is 16.4. The van der Waals surface area contributed by atoms with E-state index in [9.17, 15) is 14.7 Å². The molecular formula is C12H17N3O3. The largest absolute Gasteiger partial charge is 0.480 e. The number of carboxylic acids is 1. The lowest BCUT2D eigenvalue weighted by atomic mass is 9.68. The highest BCUT2D eigenvalue weighted by Crippen LogP contribution is 2.42. The van der Waals surface area contributed by atoms with Crippen LogP contribution in [-0.4, -0.2) is 26.8 Å². The summed E-state index contributed by atoms with van der Waals surface area (Å²) in [4.78, 5) is 23.3. The molecule has 0 spiro atoms. The fourth-order valence-electron chi connectivity index (χ4n) is 2.21. The number of carbonyl (C=O) groups is 2. The summed E-state index contributed by atoms with van der Waals surface area (Å²) in [5.41, 5.74) is 0.143. The summed E-state index contributed by atoms with van der Waals surface area (Å²) in [6, 6.07) is 0. The number of carbonyl (C=O) groups excluding carboxylic acids is 1. The molecule has 1 aliphatic rings. The first-order valence-corrected chi connectivity index (χ1v) is 6.07. The third-order valence-corrected chi connectivity index (χ3v) is 3.54. The molecule has 6 heteroatoms. The van der Waals surface area contributed by atoms with Crippen LogP contribution in [0.4, 0.5) is 5.69 Å². The van der Waals surface area contributed by atoms with Gasteiger partial charge in [-0.1, -0.05) is 13.3 Å². The summed E-state index contributed by atoms with van der Waals surface area (Å²) < 4.78 is 1.61. The topological polar surface area (TPSA) is 84.2 Å². The van der Waals surface area contributed by atoms with E-state index in [2.05, 4.69) is 10.4 Å². The Morgan fingerprint density at radius 3 is 2.67 bits per heavy atom. The van der Waals surface area contributed by atoms with Crippen molar-refractivity contribution in [1.29, 1.82) is 0 Å². The van der Waals surface area contributed by atoms with E-state index >= 15 is 0 Å². The van der Waals surface area contributed by atoms with Crippen molar-refractivity contribution in [3.63, 3.8) is 0 Å². The number of nitrogens with one attached hydrogen (secondary N) is 1. The van der Waals surface area contributed by atoms with Gasteiger partial charge >= 0.3 is 5.97 Å². The average Bonchev–Trinajstić information content (AvgIpc) is 2.56. The van der Waals surface area contributed by atoms with E-state index in [1.165, 1.54) is 0 Å². The third-order valence-electron chi connectivity index (χ3n) is 3.54. The molecule has 1 aliphatic carbocycles. The number of rotatable bonds is 4. The van der Waals surface area contributed by atoms with Gasteiger partial charge in [0.05, 0.1) is 11.4 Å². The Morgan fingerprint density at radius 2 is 2.22 bits per heavy atom. The zero-order chi connectivity index (χ0) is 13.3. The van der Waals surface area contributed by atoms with Crippen molar-refractivity contribution >= 4 is 17.6 Å². The monoisotopic (exact) mass is 251 g/mol. The predicted octanol–water partition coefficient (Wildman–Crippen LogP) is 1.18. The number of aromatic nitrogens is 2. The van der Waals surface area contributed by atoms with Gasteiger partial charge in [-0.25, -0.2) is 0 Å². The first kappa shape index (κ1) is 12.6. The Labute approximate surface area is 105 Å². The van der Waals surface area contributed by atoms with Gasteiger partial charge in [-0.2, -0.15) is 5.10 Å². The molecule has 6 nitrogen and oxygen atoms in total. The molecule has 1 saturated carbocycles. The van der Waals surface area contributed by atoms with Crippen molar-refractivity contribution in [1.82, 2.24) is 9.78 Å². The molecule has 1 amide bonds. The van der Waals surface area contributed by atoms with Gasteiger partial charge in [0, 0.05) is 13.2 Å². The second-order valence-electron chi connectivity index (χ2n) is 4.71. The molecule has 0 unspecified atom stereocenters. The summed E-state index contributed by atoms with van der Waals surface area (Å²) in [6.45, 7) is 1.94. The predicted molar refractivity (Wildman–Crippen MR) is 65.1 cm³/mol. The molecular weight excluding hydrogens is 234 g/mol. The molecule has 0 bridgehead atoms. The second-order valence-corrected chi connectivity index (χ2v) is 4.71. The smallest absolute Gasteiger partial charge is 0.319 e. The van der Waals surface area contributed by atoms with E-state index < -0.39 is 17.3 Å². The van der Waals surface area contributed by atoms with Gasteiger partial charge in [0.25, 0.3) is 0 Å². The van der Waals surface area contributed by atoms with Crippen LogP contribution >= 0.6 is 0 Å². The number of amides is 1. The normalized spacial score (nSPS) is 17.0. The maximum Gasteiger partial charge on any atom is 0.319 e. The minimum atomic E-state index is -1.24. The Kier molecular flexibility index (Phi) is 3.11. The van der Waals surface area contributed by atoms with Crippen LogP contribution < -0.4 is 5.32 Å². The number of hydrogen-bond acceptors (Lipinski definition) is 3. The van der Waals surface area contributed by atoms with Gasteiger partial charge < -0.3 is 10.4 Å². The summed E-state index contributed by atoms with van der Waals surface area (Å²) in [5, 5.41) is 16.1. The molecule has 0 saturated heterocycles. The van der Waals surface area contributed by atoms with Crippen LogP contribution in [0.25, 0.3) is 0 Å². The first-order valence-electron chi connectivity index (χ1n) is 6.07. The highest BCUT2D eigenvalue weighted by Gasteiger charge is 2.51. The molecule has 0 atom stereocenters. The highest BCUT2D eigenvalue weighted by molar-refractivity contribution is 6.09. The Bertz CT molecular complexity index is 489. The maximum absolute atomic E-state index is 12.1. The Morgan fingerprint density at radius 1 is 1.56 bits per heavy atom. The lowest BCUT2D eigenvalue weighted by Crippen LogP contribution is -2.48. The quantitative estimate of drug-likeness (QED) is 0.787. The van der Waals surface area contributed by atoms with E-state index in [1.807, 2.05) is 6.92 Å². The lowest BCUT2D eigenvalue weighted by Gasteiger charge is -2.35. The van der Waals surface area contributed by atoms with Crippen LogP contribution in [-0.2, 0) is 23.1 Å². The van der Waals surface area contributed by atoms with Crippen molar-refractivity contribution in [2.45, 2.75) is 32.6 Å². The van der Waals surface area contributed by atoms with E-state index in [1.54, 1.807) is 17.9 Å². The lowest BCUT2D eigenvalue weighted by molar-refractivity contribution is -0.159. The SMILES string of the molecule is CCc1nn(C)cc1NC(=O)C1(C(=O)O)CCC1. The first-order chi connectivity index (χ1) is 8.49. The van der Waals surface area contributed by atoms with Crippen LogP contribution in [0.2, 0.25) is 0 Å². The summed E-state index contributed by atoms with van der Waals surface area (Å²) >= 11 is 0. The standard InChI is InChI=1S/C12H17N3O3/c1-3-8-9(7-15(2)14-8)13-10(16)12(11(17)18)5-4-6-12/h7H,3-6H2,1-2H3,(H,13,16)(H,17,18). The van der Waals surface area contributed by atoms with Crippen LogP contribution in [0.15, 0.2) is 6.20 Å². The van der Waals surface area contributed by atoms with Crippen molar-refractivity contribution in [2.75, 3.05) is 5.32 Å². The van der Waals surface area contributed by atoms with E-state index in [0.29, 0.717) is 24.9 Å². The van der Waals surface area contributed by atoms with Crippen LogP contribution in [0.1, 0.15) is 31.9 Å². The number of nitrogens with zero attached hydrogens (tertiary/aromatic N) is 2. The van der Waals surface area contributed by atoms with Gasteiger partial charge in [-0.15, -0.1) is 0 Å². The van der Waals surface area contributed by atoms with Crippen molar-refractivity contribution in [2.24, 2.45) is 12.5 Å². The van der Waals surface area contributed by atoms with Gasteiger partial charge in [0.2, 0.25) is 5.91 Å². The fraction of sp³-hybridized carbons (Fsp3) is 0.583. The molecule has 2 N–H and O–H groups in total. The third kappa shape index (κ3) is 1.87. The Balaban J connectivity index is 2.18. The molecule has 0 aliphatic heterocycles. The summed E-state index contributed by atoms with van der Waals surface area (Å²) in [6.07, 6.45) is 4.00. The summed E-state index contributed by atoms with van der Waals surface area (Å²) in [5.74, 6) is -1.46. The average molecular weight is 251 g/mol. The zero-order valence-electron chi connectivity index (χ0n) is 10.6. The molecule has 1 fully saturated rings. The number of anilines is 1. The molecule has 18 heavy (non-hydrogen) atoms. The Hall–Kier alpha value is -1.85. The molecule has 1 aromatic rings. The molecule has 1 aromatic heterocycles. The molecule has 1 heterocycles. The van der Waals surface area contributed by atoms with Crippen LogP contribution in [0, 0.1) is 5.41 Å². The van der Waals surface area contributed by atoms with Crippen molar-refractivity contribution < 1.29 is 14.7 Å². The van der Waals surface area contributed by atoms with E-state index in [0.717, 1.165) is 12.1 Å². The molecule has 0 radical (unpaired) electrons. The molecule has 0 aromatic carbocycles. The minimum absolute atomic E-state index is 0.413. The van der Waals surface area contributed by atoms with Gasteiger partial charge in [-0.3, -0.25) is 14.3 Å². The van der Waals surface area contributed by atoms with Gasteiger partial charge in [0.1, 0.15) is 5.41 Å².